The predicted octanol–water partition coefficient (Wildman–Crippen LogP) is 4.76. The minimum Gasteiger partial charge on any atom is -0.319 e. The lowest BCUT2D eigenvalue weighted by molar-refractivity contribution is 0.523. The molecule has 1 aromatic carbocycles. The smallest absolute Gasteiger partial charge is 0.123 e. The lowest BCUT2D eigenvalue weighted by atomic mass is 9.91. The minimum atomic E-state index is 0.538. The fraction of sp³-hybridized carbons (Fsp3) is 0.400. The van der Waals surface area contributed by atoms with Crippen LogP contribution in [-0.4, -0.2) is 18.6 Å². The summed E-state index contributed by atoms with van der Waals surface area (Å²) < 4.78 is 0. The first-order valence-electron chi connectivity index (χ1n) is 6.78. The molecule has 0 aliphatic heterocycles. The van der Waals surface area contributed by atoms with E-state index in [1.165, 1.54) is 23.4 Å². The van der Waals surface area contributed by atoms with Crippen molar-refractivity contribution in [1.29, 1.82) is 0 Å². The standard InChI is InChI=1S/C15H16Cl2N2S/c1-18-8-10-3-2-4-13-14(10)19-15(20-13)9-5-6-11(16)12(17)7-9/h5-7,10,18H,2-4,8H2,1H3. The van der Waals surface area contributed by atoms with Crippen LogP contribution in [0.5, 0.6) is 0 Å². The molecule has 1 aliphatic carbocycles. The number of thiazole rings is 1. The average Bonchev–Trinajstić information content (AvgIpc) is 2.87. The molecule has 1 N–H and O–H groups in total. The van der Waals surface area contributed by atoms with Crippen molar-refractivity contribution in [1.82, 2.24) is 10.3 Å². The van der Waals surface area contributed by atoms with Crippen LogP contribution in [0.25, 0.3) is 10.6 Å². The van der Waals surface area contributed by atoms with E-state index in [9.17, 15) is 0 Å². The van der Waals surface area contributed by atoms with Crippen LogP contribution in [0, 0.1) is 0 Å². The molecule has 1 aromatic heterocycles. The lowest BCUT2D eigenvalue weighted by Gasteiger charge is -2.20. The van der Waals surface area contributed by atoms with Crippen LogP contribution in [0.4, 0.5) is 0 Å². The zero-order valence-electron chi connectivity index (χ0n) is 11.2. The molecule has 5 heteroatoms. The van der Waals surface area contributed by atoms with Gasteiger partial charge in [0.2, 0.25) is 0 Å². The highest BCUT2D eigenvalue weighted by molar-refractivity contribution is 7.15. The number of aromatic nitrogens is 1. The number of halogens is 2. The maximum Gasteiger partial charge on any atom is 0.123 e. The molecule has 1 unspecified atom stereocenters. The van der Waals surface area contributed by atoms with Crippen LogP contribution in [0.2, 0.25) is 10.0 Å². The van der Waals surface area contributed by atoms with Gasteiger partial charge in [-0.15, -0.1) is 11.3 Å². The largest absolute Gasteiger partial charge is 0.319 e. The zero-order chi connectivity index (χ0) is 14.1. The number of nitrogens with zero attached hydrogens (tertiary/aromatic N) is 1. The van der Waals surface area contributed by atoms with E-state index in [2.05, 4.69) is 5.32 Å². The molecule has 0 fully saturated rings. The van der Waals surface area contributed by atoms with Gasteiger partial charge in [0.15, 0.2) is 0 Å². The highest BCUT2D eigenvalue weighted by Crippen LogP contribution is 2.39. The number of rotatable bonds is 3. The van der Waals surface area contributed by atoms with Gasteiger partial charge >= 0.3 is 0 Å². The van der Waals surface area contributed by atoms with E-state index in [0.717, 1.165) is 23.5 Å². The maximum absolute atomic E-state index is 6.10. The second-order valence-corrected chi connectivity index (χ2v) is 7.00. The summed E-state index contributed by atoms with van der Waals surface area (Å²) in [6, 6.07) is 5.73. The number of nitrogens with one attached hydrogen (secondary N) is 1. The van der Waals surface area contributed by atoms with E-state index in [1.54, 1.807) is 11.3 Å². The first-order chi connectivity index (χ1) is 9.69. The van der Waals surface area contributed by atoms with E-state index in [0.29, 0.717) is 16.0 Å². The summed E-state index contributed by atoms with van der Waals surface area (Å²) in [6.07, 6.45) is 3.62. The Morgan fingerprint density at radius 2 is 2.20 bits per heavy atom. The number of benzene rings is 1. The molecule has 3 rings (SSSR count). The topological polar surface area (TPSA) is 24.9 Å². The molecule has 20 heavy (non-hydrogen) atoms. The Morgan fingerprint density at radius 1 is 1.35 bits per heavy atom. The summed E-state index contributed by atoms with van der Waals surface area (Å²) in [5.41, 5.74) is 2.33. The third-order valence-corrected chi connectivity index (χ3v) is 5.61. The van der Waals surface area contributed by atoms with Gasteiger partial charge < -0.3 is 5.32 Å². The summed E-state index contributed by atoms with van der Waals surface area (Å²) in [7, 11) is 2.00. The Morgan fingerprint density at radius 3 is 2.95 bits per heavy atom. The van der Waals surface area contributed by atoms with Crippen LogP contribution >= 0.6 is 34.5 Å². The molecular weight excluding hydrogens is 311 g/mol. The third-order valence-electron chi connectivity index (χ3n) is 3.69. The minimum absolute atomic E-state index is 0.538. The van der Waals surface area contributed by atoms with Crippen molar-refractivity contribution in [2.75, 3.05) is 13.6 Å². The highest BCUT2D eigenvalue weighted by Gasteiger charge is 2.24. The normalized spacial score (nSPS) is 18.1. The highest BCUT2D eigenvalue weighted by atomic mass is 35.5. The SMILES string of the molecule is CNCC1CCCc2sc(-c3ccc(Cl)c(Cl)c3)nc21. The van der Waals surface area contributed by atoms with E-state index in [-0.39, 0.29) is 0 Å². The summed E-state index contributed by atoms with van der Waals surface area (Å²) in [4.78, 5) is 6.30. The zero-order valence-corrected chi connectivity index (χ0v) is 13.6. The van der Waals surface area contributed by atoms with E-state index < -0.39 is 0 Å². The van der Waals surface area contributed by atoms with Gasteiger partial charge in [0.1, 0.15) is 5.01 Å². The molecule has 2 nitrogen and oxygen atoms in total. The van der Waals surface area contributed by atoms with Crippen molar-refractivity contribution in [3.05, 3.63) is 38.8 Å². The summed E-state index contributed by atoms with van der Waals surface area (Å²) >= 11 is 13.9. The second kappa shape index (κ2) is 6.02. The molecule has 0 radical (unpaired) electrons. The number of aryl methyl sites for hydroxylation is 1. The number of likely N-dealkylation sites (N-methyl/N-ethyl adjacent to an activating group) is 1. The second-order valence-electron chi connectivity index (χ2n) is 5.10. The summed E-state index contributed by atoms with van der Waals surface area (Å²) in [5, 5.41) is 5.50. The maximum atomic E-state index is 6.10. The fourth-order valence-corrected chi connectivity index (χ4v) is 4.19. The average molecular weight is 327 g/mol. The molecule has 0 saturated carbocycles. The van der Waals surface area contributed by atoms with Crippen LogP contribution < -0.4 is 5.32 Å². The van der Waals surface area contributed by atoms with Crippen molar-refractivity contribution in [2.45, 2.75) is 25.2 Å². The van der Waals surface area contributed by atoms with Gasteiger partial charge in [-0.3, -0.25) is 0 Å². The van der Waals surface area contributed by atoms with Gasteiger partial charge in [0.05, 0.1) is 15.7 Å². The molecule has 2 aromatic rings. The first kappa shape index (κ1) is 14.3. The van der Waals surface area contributed by atoms with Crippen molar-refractivity contribution < 1.29 is 0 Å². The van der Waals surface area contributed by atoms with Gasteiger partial charge in [-0.25, -0.2) is 4.98 Å². The molecule has 0 spiro atoms. The number of hydrogen-bond acceptors (Lipinski definition) is 3. The third kappa shape index (κ3) is 2.73. The predicted molar refractivity (Wildman–Crippen MR) is 87.2 cm³/mol. The van der Waals surface area contributed by atoms with Gasteiger partial charge in [-0.05, 0) is 38.4 Å². The fourth-order valence-electron chi connectivity index (χ4n) is 2.71. The van der Waals surface area contributed by atoms with Crippen LogP contribution in [0.3, 0.4) is 0 Å². The Labute approximate surface area is 133 Å². The van der Waals surface area contributed by atoms with Gasteiger partial charge in [-0.2, -0.15) is 0 Å². The Hall–Kier alpha value is -0.610. The van der Waals surface area contributed by atoms with Crippen molar-refractivity contribution in [3.63, 3.8) is 0 Å². The quantitative estimate of drug-likeness (QED) is 0.879. The van der Waals surface area contributed by atoms with Crippen molar-refractivity contribution in [2.24, 2.45) is 0 Å². The molecule has 106 valence electrons. The Bertz CT molecular complexity index is 624. The summed E-state index contributed by atoms with van der Waals surface area (Å²) in [5.74, 6) is 0.538. The molecule has 1 atom stereocenters. The van der Waals surface area contributed by atoms with Crippen LogP contribution in [0.15, 0.2) is 18.2 Å². The molecule has 1 aliphatic rings. The van der Waals surface area contributed by atoms with E-state index >= 15 is 0 Å². The Balaban J connectivity index is 1.97. The van der Waals surface area contributed by atoms with Crippen molar-refractivity contribution in [3.8, 4) is 10.6 Å². The number of fused-ring (bicyclic) bond motifs is 1. The van der Waals surface area contributed by atoms with Gasteiger partial charge in [-0.1, -0.05) is 29.3 Å². The summed E-state index contributed by atoms with van der Waals surface area (Å²) in [6.45, 7) is 0.998. The van der Waals surface area contributed by atoms with E-state index in [1.807, 2.05) is 25.2 Å². The van der Waals surface area contributed by atoms with Crippen LogP contribution in [-0.2, 0) is 6.42 Å². The molecule has 0 saturated heterocycles. The molecule has 1 heterocycles. The number of hydrogen-bond donors (Lipinski definition) is 1. The molecule has 0 bridgehead atoms. The molecule has 0 amide bonds. The van der Waals surface area contributed by atoms with Gasteiger partial charge in [0, 0.05) is 22.9 Å². The lowest BCUT2D eigenvalue weighted by Crippen LogP contribution is -2.20. The van der Waals surface area contributed by atoms with E-state index in [4.69, 9.17) is 28.2 Å². The first-order valence-corrected chi connectivity index (χ1v) is 8.36. The monoisotopic (exact) mass is 326 g/mol. The van der Waals surface area contributed by atoms with Gasteiger partial charge in [0.25, 0.3) is 0 Å². The van der Waals surface area contributed by atoms with Crippen molar-refractivity contribution >= 4 is 34.5 Å². The van der Waals surface area contributed by atoms with Crippen LogP contribution in [0.1, 0.15) is 29.3 Å². The molecular formula is C15H16Cl2N2S. The Kier molecular flexibility index (Phi) is 4.32.